The normalized spacial score (nSPS) is 18.1. The van der Waals surface area contributed by atoms with Gasteiger partial charge in [-0.1, -0.05) is 25.3 Å². The average Bonchev–Trinajstić information content (AvgIpc) is 2.68. The molecule has 2 heterocycles. The molecule has 7 nitrogen and oxygen atoms in total. The van der Waals surface area contributed by atoms with E-state index in [1.54, 1.807) is 0 Å². The summed E-state index contributed by atoms with van der Waals surface area (Å²) in [5.41, 5.74) is 3.43. The van der Waals surface area contributed by atoms with Crippen LogP contribution in [0.3, 0.4) is 0 Å². The minimum atomic E-state index is 0.447. The Bertz CT molecular complexity index is 779. The number of rotatable bonds is 5. The molecule has 0 radical (unpaired) electrons. The highest BCUT2D eigenvalue weighted by atomic mass is 16.5. The standard InChI is InChI=1S/C21H30N6O/c1-15-12-16(2)14-18(13-15)23-20-24-19(22-17-6-4-3-5-7-17)25-21(26-20)27-8-10-28-11-9-27/h12-14,17H,3-11H2,1-2H3,(H2,22,23,24,25,26). The Morgan fingerprint density at radius 3 is 2.29 bits per heavy atom. The van der Waals surface area contributed by atoms with Gasteiger partial charge in [-0.05, 0) is 49.9 Å². The third kappa shape index (κ3) is 4.90. The maximum absolute atomic E-state index is 5.48. The van der Waals surface area contributed by atoms with Crippen molar-refractivity contribution in [3.63, 3.8) is 0 Å². The Labute approximate surface area is 166 Å². The summed E-state index contributed by atoms with van der Waals surface area (Å²) in [4.78, 5) is 16.3. The number of anilines is 4. The van der Waals surface area contributed by atoms with Gasteiger partial charge in [0.2, 0.25) is 17.8 Å². The maximum Gasteiger partial charge on any atom is 0.233 e. The van der Waals surface area contributed by atoms with Crippen molar-refractivity contribution in [1.82, 2.24) is 15.0 Å². The summed E-state index contributed by atoms with van der Waals surface area (Å²) in [6, 6.07) is 6.83. The van der Waals surface area contributed by atoms with Gasteiger partial charge in [-0.3, -0.25) is 0 Å². The Balaban J connectivity index is 1.60. The Morgan fingerprint density at radius 1 is 0.893 bits per heavy atom. The van der Waals surface area contributed by atoms with Crippen molar-refractivity contribution < 1.29 is 4.74 Å². The smallest absolute Gasteiger partial charge is 0.233 e. The van der Waals surface area contributed by atoms with Crippen molar-refractivity contribution in [3.05, 3.63) is 29.3 Å². The molecule has 7 heteroatoms. The van der Waals surface area contributed by atoms with E-state index in [0.717, 1.165) is 18.8 Å². The van der Waals surface area contributed by atoms with Crippen LogP contribution in [0, 0.1) is 13.8 Å². The van der Waals surface area contributed by atoms with Gasteiger partial charge in [-0.25, -0.2) is 0 Å². The topological polar surface area (TPSA) is 75.2 Å². The van der Waals surface area contributed by atoms with E-state index >= 15 is 0 Å². The van der Waals surface area contributed by atoms with E-state index in [-0.39, 0.29) is 0 Å². The van der Waals surface area contributed by atoms with E-state index in [9.17, 15) is 0 Å². The highest BCUT2D eigenvalue weighted by Crippen LogP contribution is 2.24. The lowest BCUT2D eigenvalue weighted by molar-refractivity contribution is 0.122. The van der Waals surface area contributed by atoms with Gasteiger partial charge in [0.1, 0.15) is 0 Å². The van der Waals surface area contributed by atoms with Crippen LogP contribution in [0.4, 0.5) is 23.5 Å². The van der Waals surface area contributed by atoms with Gasteiger partial charge >= 0.3 is 0 Å². The van der Waals surface area contributed by atoms with Gasteiger partial charge in [0.25, 0.3) is 0 Å². The molecule has 150 valence electrons. The Hall–Kier alpha value is -2.41. The molecular weight excluding hydrogens is 352 g/mol. The fourth-order valence-corrected chi connectivity index (χ4v) is 4.00. The number of aryl methyl sites for hydroxylation is 2. The molecule has 1 aliphatic heterocycles. The minimum absolute atomic E-state index is 0.447. The van der Waals surface area contributed by atoms with Gasteiger partial charge in [-0.2, -0.15) is 15.0 Å². The van der Waals surface area contributed by atoms with E-state index < -0.39 is 0 Å². The van der Waals surface area contributed by atoms with E-state index in [1.165, 1.54) is 43.2 Å². The van der Waals surface area contributed by atoms with E-state index in [0.29, 0.717) is 37.1 Å². The molecule has 0 atom stereocenters. The van der Waals surface area contributed by atoms with Crippen molar-refractivity contribution in [2.75, 3.05) is 41.8 Å². The first-order chi connectivity index (χ1) is 13.7. The van der Waals surface area contributed by atoms with Gasteiger partial charge in [0.05, 0.1) is 13.2 Å². The summed E-state index contributed by atoms with van der Waals surface area (Å²) in [6.45, 7) is 7.21. The summed E-state index contributed by atoms with van der Waals surface area (Å²) >= 11 is 0. The van der Waals surface area contributed by atoms with Crippen LogP contribution in [-0.4, -0.2) is 47.3 Å². The van der Waals surface area contributed by atoms with Crippen LogP contribution in [0.1, 0.15) is 43.2 Å². The average molecular weight is 383 g/mol. The predicted octanol–water partition coefficient (Wildman–Crippen LogP) is 3.81. The summed E-state index contributed by atoms with van der Waals surface area (Å²) in [5, 5.41) is 6.93. The summed E-state index contributed by atoms with van der Waals surface area (Å²) in [7, 11) is 0. The summed E-state index contributed by atoms with van der Waals surface area (Å²) < 4.78 is 5.48. The molecule has 1 saturated carbocycles. The summed E-state index contributed by atoms with van der Waals surface area (Å²) in [6.07, 6.45) is 6.23. The van der Waals surface area contributed by atoms with Crippen molar-refractivity contribution >= 4 is 23.5 Å². The molecule has 28 heavy (non-hydrogen) atoms. The molecule has 4 rings (SSSR count). The second kappa shape index (κ2) is 8.73. The lowest BCUT2D eigenvalue weighted by Crippen LogP contribution is -2.37. The lowest BCUT2D eigenvalue weighted by atomic mass is 9.96. The highest BCUT2D eigenvalue weighted by molar-refractivity contribution is 5.58. The molecule has 2 fully saturated rings. The van der Waals surface area contributed by atoms with E-state index in [1.807, 2.05) is 0 Å². The lowest BCUT2D eigenvalue weighted by Gasteiger charge is -2.28. The first-order valence-electron chi connectivity index (χ1n) is 10.4. The second-order valence-corrected chi connectivity index (χ2v) is 7.86. The van der Waals surface area contributed by atoms with Crippen LogP contribution in [0.2, 0.25) is 0 Å². The number of nitrogens with zero attached hydrogens (tertiary/aromatic N) is 4. The second-order valence-electron chi connectivity index (χ2n) is 7.86. The monoisotopic (exact) mass is 382 g/mol. The van der Waals surface area contributed by atoms with Crippen molar-refractivity contribution in [2.45, 2.75) is 52.0 Å². The van der Waals surface area contributed by atoms with Crippen LogP contribution >= 0.6 is 0 Å². The first-order valence-corrected chi connectivity index (χ1v) is 10.4. The number of hydrogen-bond donors (Lipinski definition) is 2. The zero-order chi connectivity index (χ0) is 19.3. The zero-order valence-electron chi connectivity index (χ0n) is 16.9. The van der Waals surface area contributed by atoms with Crippen LogP contribution in [0.15, 0.2) is 18.2 Å². The van der Waals surface area contributed by atoms with Crippen molar-refractivity contribution in [3.8, 4) is 0 Å². The minimum Gasteiger partial charge on any atom is -0.378 e. The fourth-order valence-electron chi connectivity index (χ4n) is 4.00. The largest absolute Gasteiger partial charge is 0.378 e. The van der Waals surface area contributed by atoms with Gasteiger partial charge in [-0.15, -0.1) is 0 Å². The molecule has 2 aliphatic rings. The quantitative estimate of drug-likeness (QED) is 0.814. The number of morpholine rings is 1. The molecule has 1 aromatic carbocycles. The molecule has 1 aliphatic carbocycles. The van der Waals surface area contributed by atoms with Crippen LogP contribution in [0.25, 0.3) is 0 Å². The van der Waals surface area contributed by atoms with E-state index in [4.69, 9.17) is 14.7 Å². The predicted molar refractivity (Wildman–Crippen MR) is 113 cm³/mol. The number of aromatic nitrogens is 3. The van der Waals surface area contributed by atoms with Crippen molar-refractivity contribution in [2.24, 2.45) is 0 Å². The molecule has 1 aromatic heterocycles. The number of benzene rings is 1. The van der Waals surface area contributed by atoms with Crippen molar-refractivity contribution in [1.29, 1.82) is 0 Å². The first kappa shape index (κ1) is 18.9. The molecule has 0 bridgehead atoms. The van der Waals surface area contributed by atoms with Gasteiger partial charge in [0, 0.05) is 24.8 Å². The highest BCUT2D eigenvalue weighted by Gasteiger charge is 2.19. The van der Waals surface area contributed by atoms with Crippen LogP contribution < -0.4 is 15.5 Å². The number of ether oxygens (including phenoxy) is 1. The van der Waals surface area contributed by atoms with Gasteiger partial charge in [0.15, 0.2) is 0 Å². The van der Waals surface area contributed by atoms with Crippen LogP contribution in [0.5, 0.6) is 0 Å². The number of hydrogen-bond acceptors (Lipinski definition) is 7. The maximum atomic E-state index is 5.48. The van der Waals surface area contributed by atoms with Crippen LogP contribution in [-0.2, 0) is 4.74 Å². The Morgan fingerprint density at radius 2 is 1.57 bits per heavy atom. The Kier molecular flexibility index (Phi) is 5.90. The van der Waals surface area contributed by atoms with Gasteiger partial charge < -0.3 is 20.3 Å². The molecular formula is C21H30N6O. The molecule has 0 spiro atoms. The SMILES string of the molecule is Cc1cc(C)cc(Nc2nc(NC3CCCCC3)nc(N3CCOCC3)n2)c1. The summed E-state index contributed by atoms with van der Waals surface area (Å²) in [5.74, 6) is 1.96. The molecule has 2 N–H and O–H groups in total. The number of nitrogens with one attached hydrogen (secondary N) is 2. The molecule has 1 saturated heterocycles. The fraction of sp³-hybridized carbons (Fsp3) is 0.571. The van der Waals surface area contributed by atoms with E-state index in [2.05, 4.69) is 52.6 Å². The third-order valence-corrected chi connectivity index (χ3v) is 5.33. The molecule has 0 unspecified atom stereocenters. The molecule has 2 aromatic rings. The zero-order valence-corrected chi connectivity index (χ0v) is 16.9. The third-order valence-electron chi connectivity index (χ3n) is 5.33. The molecule has 0 amide bonds.